The lowest BCUT2D eigenvalue weighted by Gasteiger charge is -2.23. The second-order valence-electron chi connectivity index (χ2n) is 5.45. The van der Waals surface area contributed by atoms with Crippen LogP contribution in [0.2, 0.25) is 10.0 Å². The van der Waals surface area contributed by atoms with E-state index in [1.165, 1.54) is 0 Å². The summed E-state index contributed by atoms with van der Waals surface area (Å²) in [5.74, 6) is 0.498. The van der Waals surface area contributed by atoms with E-state index in [2.05, 4.69) is 15.9 Å². The first-order chi connectivity index (χ1) is 9.39. The van der Waals surface area contributed by atoms with Crippen molar-refractivity contribution >= 4 is 49.2 Å². The topological polar surface area (TPSA) is 37.4 Å². The predicted octanol–water partition coefficient (Wildman–Crippen LogP) is 4.32. The molecule has 2 fully saturated rings. The minimum atomic E-state index is -3.62. The highest BCUT2D eigenvalue weighted by Crippen LogP contribution is 2.41. The van der Waals surface area contributed by atoms with Gasteiger partial charge in [-0.05, 0) is 43.7 Å². The molecule has 0 bridgehead atoms. The zero-order chi connectivity index (χ0) is 14.5. The highest BCUT2D eigenvalue weighted by Gasteiger charge is 2.42. The molecule has 0 N–H and O–H groups in total. The van der Waals surface area contributed by atoms with Gasteiger partial charge in [-0.15, -0.1) is 0 Å². The molecule has 7 heteroatoms. The first-order valence-corrected chi connectivity index (χ1v) is 9.55. The minimum Gasteiger partial charge on any atom is -0.207 e. The molecular formula is C13H14BrCl2NO2S. The average Bonchev–Trinajstić information content (AvgIpc) is 3.18. The number of halogens is 3. The molecular weight excluding hydrogens is 385 g/mol. The normalized spacial score (nSPS) is 19.6. The van der Waals surface area contributed by atoms with Gasteiger partial charge in [0, 0.05) is 17.1 Å². The van der Waals surface area contributed by atoms with Crippen molar-refractivity contribution in [3.05, 3.63) is 26.7 Å². The molecule has 0 radical (unpaired) electrons. The number of benzene rings is 1. The molecule has 0 heterocycles. The van der Waals surface area contributed by atoms with Crippen LogP contribution in [0.4, 0.5) is 0 Å². The standard InChI is InChI=1S/C13H14BrCl2NO2S/c14-9-5-11(15)13(12(16)6-9)20(18,19)17(10-3-4-10)7-8-1-2-8/h5-6,8,10H,1-4,7H2. The predicted molar refractivity (Wildman–Crippen MR) is 83.8 cm³/mol. The van der Waals surface area contributed by atoms with Crippen LogP contribution < -0.4 is 0 Å². The molecule has 0 spiro atoms. The summed E-state index contributed by atoms with van der Waals surface area (Å²) in [4.78, 5) is 0.0385. The Morgan fingerprint density at radius 1 is 1.15 bits per heavy atom. The maximum absolute atomic E-state index is 12.9. The lowest BCUT2D eigenvalue weighted by molar-refractivity contribution is 0.389. The van der Waals surface area contributed by atoms with Gasteiger partial charge in [-0.25, -0.2) is 8.42 Å². The van der Waals surface area contributed by atoms with Crippen LogP contribution in [0.5, 0.6) is 0 Å². The molecule has 2 saturated carbocycles. The van der Waals surface area contributed by atoms with E-state index >= 15 is 0 Å². The summed E-state index contributed by atoms with van der Waals surface area (Å²) in [5, 5.41) is 0.344. The van der Waals surface area contributed by atoms with Crippen molar-refractivity contribution in [2.45, 2.75) is 36.6 Å². The maximum atomic E-state index is 12.9. The Morgan fingerprint density at radius 2 is 1.70 bits per heavy atom. The van der Waals surface area contributed by atoms with Crippen LogP contribution in [0, 0.1) is 5.92 Å². The third-order valence-corrected chi connectivity index (χ3v) is 6.92. The fourth-order valence-electron chi connectivity index (χ4n) is 2.25. The van der Waals surface area contributed by atoms with Gasteiger partial charge < -0.3 is 0 Å². The molecule has 2 aliphatic carbocycles. The maximum Gasteiger partial charge on any atom is 0.246 e. The van der Waals surface area contributed by atoms with Gasteiger partial charge in [0.15, 0.2) is 0 Å². The lowest BCUT2D eigenvalue weighted by atomic mass is 10.4. The van der Waals surface area contributed by atoms with Crippen molar-refractivity contribution in [2.24, 2.45) is 5.92 Å². The van der Waals surface area contributed by atoms with Crippen molar-refractivity contribution < 1.29 is 8.42 Å². The van der Waals surface area contributed by atoms with E-state index in [4.69, 9.17) is 23.2 Å². The van der Waals surface area contributed by atoms with E-state index in [9.17, 15) is 8.42 Å². The van der Waals surface area contributed by atoms with E-state index < -0.39 is 10.0 Å². The fourth-order valence-corrected chi connectivity index (χ4v) is 5.90. The van der Waals surface area contributed by atoms with Crippen LogP contribution in [0.25, 0.3) is 0 Å². The number of sulfonamides is 1. The van der Waals surface area contributed by atoms with E-state index in [0.29, 0.717) is 16.9 Å². The smallest absolute Gasteiger partial charge is 0.207 e. The van der Waals surface area contributed by atoms with Gasteiger partial charge in [0.1, 0.15) is 4.90 Å². The summed E-state index contributed by atoms with van der Waals surface area (Å²) < 4.78 is 28.0. The Kier molecular flexibility index (Phi) is 4.10. The molecule has 0 amide bonds. The molecule has 3 nitrogen and oxygen atoms in total. The van der Waals surface area contributed by atoms with Gasteiger partial charge >= 0.3 is 0 Å². The molecule has 3 rings (SSSR count). The number of hydrogen-bond donors (Lipinski definition) is 0. The molecule has 0 saturated heterocycles. The highest BCUT2D eigenvalue weighted by molar-refractivity contribution is 9.10. The van der Waals surface area contributed by atoms with Crippen molar-refractivity contribution in [1.82, 2.24) is 4.31 Å². The summed E-state index contributed by atoms with van der Waals surface area (Å²) in [6.45, 7) is 0.593. The van der Waals surface area contributed by atoms with Crippen molar-refractivity contribution in [3.63, 3.8) is 0 Å². The molecule has 1 aromatic rings. The van der Waals surface area contributed by atoms with Crippen LogP contribution in [-0.2, 0) is 10.0 Å². The first-order valence-electron chi connectivity index (χ1n) is 6.56. The third kappa shape index (κ3) is 3.02. The molecule has 0 atom stereocenters. The Morgan fingerprint density at radius 3 is 2.15 bits per heavy atom. The molecule has 110 valence electrons. The summed E-state index contributed by atoms with van der Waals surface area (Å²) in [6, 6.07) is 3.27. The van der Waals surface area contributed by atoms with Gasteiger partial charge in [-0.3, -0.25) is 0 Å². The largest absolute Gasteiger partial charge is 0.246 e. The molecule has 2 aliphatic rings. The average molecular weight is 399 g/mol. The molecule has 0 aliphatic heterocycles. The third-order valence-electron chi connectivity index (χ3n) is 3.62. The number of nitrogens with zero attached hydrogens (tertiary/aromatic N) is 1. The summed E-state index contributed by atoms with van der Waals surface area (Å²) >= 11 is 15.5. The molecule has 20 heavy (non-hydrogen) atoms. The van der Waals surface area contributed by atoms with Crippen LogP contribution in [-0.4, -0.2) is 25.3 Å². The summed E-state index contributed by atoms with van der Waals surface area (Å²) in [6.07, 6.45) is 4.08. The number of rotatable bonds is 5. The summed E-state index contributed by atoms with van der Waals surface area (Å²) in [5.41, 5.74) is 0. The molecule has 1 aromatic carbocycles. The van der Waals surface area contributed by atoms with Gasteiger partial charge in [0.2, 0.25) is 10.0 Å². The van der Waals surface area contributed by atoms with Crippen LogP contribution in [0.3, 0.4) is 0 Å². The Labute approximate surface area is 137 Å². The first kappa shape index (κ1) is 15.1. The minimum absolute atomic E-state index is 0.0385. The Balaban J connectivity index is 2.01. The second kappa shape index (κ2) is 5.43. The summed E-state index contributed by atoms with van der Waals surface area (Å²) in [7, 11) is -3.62. The van der Waals surface area contributed by atoms with E-state index in [1.807, 2.05) is 0 Å². The monoisotopic (exact) mass is 397 g/mol. The SMILES string of the molecule is O=S(=O)(c1c(Cl)cc(Br)cc1Cl)N(CC1CC1)C1CC1. The van der Waals surface area contributed by atoms with E-state index in [-0.39, 0.29) is 21.0 Å². The zero-order valence-corrected chi connectivity index (χ0v) is 14.6. The van der Waals surface area contributed by atoms with Gasteiger partial charge in [-0.2, -0.15) is 4.31 Å². The Hall–Kier alpha value is 0.190. The molecule has 0 aromatic heterocycles. The van der Waals surface area contributed by atoms with Crippen LogP contribution in [0.1, 0.15) is 25.7 Å². The van der Waals surface area contributed by atoms with Crippen LogP contribution in [0.15, 0.2) is 21.5 Å². The van der Waals surface area contributed by atoms with E-state index in [1.54, 1.807) is 16.4 Å². The lowest BCUT2D eigenvalue weighted by Crippen LogP contribution is -2.35. The Bertz CT molecular complexity index is 619. The second-order valence-corrected chi connectivity index (χ2v) is 9.01. The zero-order valence-electron chi connectivity index (χ0n) is 10.7. The highest BCUT2D eigenvalue weighted by atomic mass is 79.9. The van der Waals surface area contributed by atoms with Gasteiger partial charge in [0.05, 0.1) is 10.0 Å². The van der Waals surface area contributed by atoms with Crippen molar-refractivity contribution in [3.8, 4) is 0 Å². The van der Waals surface area contributed by atoms with E-state index in [0.717, 1.165) is 25.7 Å². The van der Waals surface area contributed by atoms with Crippen molar-refractivity contribution in [1.29, 1.82) is 0 Å². The quantitative estimate of drug-likeness (QED) is 0.740. The van der Waals surface area contributed by atoms with Gasteiger partial charge in [-0.1, -0.05) is 39.1 Å². The number of hydrogen-bond acceptors (Lipinski definition) is 2. The fraction of sp³-hybridized carbons (Fsp3) is 0.538. The van der Waals surface area contributed by atoms with Gasteiger partial charge in [0.25, 0.3) is 0 Å². The molecule has 0 unspecified atom stereocenters. The van der Waals surface area contributed by atoms with Crippen molar-refractivity contribution in [2.75, 3.05) is 6.54 Å². The van der Waals surface area contributed by atoms with Crippen LogP contribution >= 0.6 is 39.1 Å².